The molecule has 4 N–H and O–H groups in total. The van der Waals surface area contributed by atoms with Gasteiger partial charge in [-0.25, -0.2) is 4.98 Å². The summed E-state index contributed by atoms with van der Waals surface area (Å²) in [5.74, 6) is 0.179. The summed E-state index contributed by atoms with van der Waals surface area (Å²) >= 11 is 2.23. The van der Waals surface area contributed by atoms with Gasteiger partial charge in [0.25, 0.3) is 0 Å². The highest BCUT2D eigenvalue weighted by molar-refractivity contribution is 14.1. The third-order valence-electron chi connectivity index (χ3n) is 2.59. The Kier molecular flexibility index (Phi) is 3.34. The number of benzene rings is 1. The van der Waals surface area contributed by atoms with Crippen LogP contribution in [0.2, 0.25) is 0 Å². The molecule has 0 fully saturated rings. The quantitative estimate of drug-likeness (QED) is 0.766. The molecule has 0 atom stereocenters. The molecule has 90 valence electrons. The van der Waals surface area contributed by atoms with Gasteiger partial charge in [0.1, 0.15) is 17.5 Å². The van der Waals surface area contributed by atoms with Gasteiger partial charge in [-0.05, 0) is 41.1 Å². The van der Waals surface area contributed by atoms with E-state index in [-0.39, 0.29) is 17.3 Å². The summed E-state index contributed by atoms with van der Waals surface area (Å²) in [6.07, 6.45) is 0. The van der Waals surface area contributed by atoms with Crippen molar-refractivity contribution in [1.82, 2.24) is 9.97 Å². The smallest absolute Gasteiger partial charge is 0.222 e. The molecule has 0 saturated heterocycles. The van der Waals surface area contributed by atoms with Gasteiger partial charge in [0.05, 0.1) is 5.69 Å². The van der Waals surface area contributed by atoms with Crippen LogP contribution in [0, 0.1) is 21.8 Å². The van der Waals surface area contributed by atoms with Gasteiger partial charge in [0.15, 0.2) is 0 Å². The maximum absolute atomic E-state index is 9.16. The number of nitrogens with two attached hydrogens (primary N) is 2. The van der Waals surface area contributed by atoms with Gasteiger partial charge in [-0.3, -0.25) is 0 Å². The van der Waals surface area contributed by atoms with Crippen LogP contribution in [-0.2, 0) is 0 Å². The molecule has 2 rings (SSSR count). The van der Waals surface area contributed by atoms with Crippen LogP contribution in [0.1, 0.15) is 11.1 Å². The lowest BCUT2D eigenvalue weighted by atomic mass is 10.0. The highest BCUT2D eigenvalue weighted by atomic mass is 127. The van der Waals surface area contributed by atoms with E-state index in [4.69, 9.17) is 16.7 Å². The number of rotatable bonds is 1. The zero-order chi connectivity index (χ0) is 13.3. The fourth-order valence-electron chi connectivity index (χ4n) is 1.67. The molecule has 0 aliphatic heterocycles. The Morgan fingerprint density at radius 3 is 2.67 bits per heavy atom. The maximum atomic E-state index is 9.16. The van der Waals surface area contributed by atoms with Crippen LogP contribution < -0.4 is 11.5 Å². The number of anilines is 2. The summed E-state index contributed by atoms with van der Waals surface area (Å²) in [4.78, 5) is 7.94. The molecule has 6 heteroatoms. The van der Waals surface area contributed by atoms with Crippen molar-refractivity contribution in [2.24, 2.45) is 0 Å². The van der Waals surface area contributed by atoms with Crippen molar-refractivity contribution < 1.29 is 0 Å². The summed E-state index contributed by atoms with van der Waals surface area (Å²) in [6, 6.07) is 7.80. The Morgan fingerprint density at radius 2 is 2.00 bits per heavy atom. The van der Waals surface area contributed by atoms with Crippen molar-refractivity contribution in [2.75, 3.05) is 11.5 Å². The zero-order valence-corrected chi connectivity index (χ0v) is 11.8. The number of nitriles is 1. The summed E-state index contributed by atoms with van der Waals surface area (Å²) in [5.41, 5.74) is 13.9. The molecule has 1 heterocycles. The molecule has 18 heavy (non-hydrogen) atoms. The number of aromatic nitrogens is 2. The Labute approximate surface area is 118 Å². The van der Waals surface area contributed by atoms with Crippen molar-refractivity contribution in [3.8, 4) is 17.3 Å². The van der Waals surface area contributed by atoms with Crippen molar-refractivity contribution in [1.29, 1.82) is 5.26 Å². The lowest BCUT2D eigenvalue weighted by Crippen LogP contribution is -2.05. The summed E-state index contributed by atoms with van der Waals surface area (Å²) in [6.45, 7) is 1.97. The molecule has 0 saturated carbocycles. The molecular formula is C12H10IN5. The normalized spacial score (nSPS) is 10.1. The fraction of sp³-hybridized carbons (Fsp3) is 0.0833. The molecule has 0 amide bonds. The van der Waals surface area contributed by atoms with Crippen LogP contribution in [0.4, 0.5) is 11.8 Å². The van der Waals surface area contributed by atoms with Gasteiger partial charge < -0.3 is 11.5 Å². The molecule has 1 aromatic heterocycles. The van der Waals surface area contributed by atoms with Gasteiger partial charge in [-0.2, -0.15) is 10.2 Å². The number of nitrogen functional groups attached to an aromatic ring is 2. The van der Waals surface area contributed by atoms with Gasteiger partial charge in [-0.1, -0.05) is 12.1 Å². The van der Waals surface area contributed by atoms with E-state index in [1.807, 2.05) is 31.2 Å². The molecule has 2 aromatic rings. The van der Waals surface area contributed by atoms with E-state index < -0.39 is 0 Å². The first-order valence-corrected chi connectivity index (χ1v) is 6.21. The first-order valence-electron chi connectivity index (χ1n) is 5.13. The lowest BCUT2D eigenvalue weighted by Gasteiger charge is -2.10. The highest BCUT2D eigenvalue weighted by Gasteiger charge is 2.15. The first kappa shape index (κ1) is 12.6. The number of hydrogen-bond acceptors (Lipinski definition) is 5. The number of halogens is 1. The molecule has 0 bridgehead atoms. The van der Waals surface area contributed by atoms with Crippen molar-refractivity contribution in [3.63, 3.8) is 0 Å². The largest absolute Gasteiger partial charge is 0.382 e. The van der Waals surface area contributed by atoms with Gasteiger partial charge in [0, 0.05) is 9.13 Å². The predicted molar refractivity (Wildman–Crippen MR) is 78.5 cm³/mol. The zero-order valence-electron chi connectivity index (χ0n) is 9.61. The minimum absolute atomic E-state index is 0.0692. The van der Waals surface area contributed by atoms with Crippen LogP contribution in [0.3, 0.4) is 0 Å². The third-order valence-corrected chi connectivity index (χ3v) is 3.76. The topological polar surface area (TPSA) is 102 Å². The summed E-state index contributed by atoms with van der Waals surface area (Å²) < 4.78 is 1.09. The van der Waals surface area contributed by atoms with Crippen LogP contribution in [-0.4, -0.2) is 9.97 Å². The average Bonchev–Trinajstić information content (AvgIpc) is 2.32. The molecule has 0 aliphatic carbocycles. The van der Waals surface area contributed by atoms with Crippen molar-refractivity contribution in [2.45, 2.75) is 6.92 Å². The van der Waals surface area contributed by atoms with Crippen molar-refractivity contribution in [3.05, 3.63) is 32.9 Å². The molecule has 0 radical (unpaired) electrons. The molecule has 5 nitrogen and oxygen atoms in total. The van der Waals surface area contributed by atoms with E-state index in [0.29, 0.717) is 5.69 Å². The van der Waals surface area contributed by atoms with E-state index >= 15 is 0 Å². The molecule has 0 aliphatic rings. The second-order valence-electron chi connectivity index (χ2n) is 3.71. The van der Waals surface area contributed by atoms with Crippen LogP contribution in [0.25, 0.3) is 11.3 Å². The minimum Gasteiger partial charge on any atom is -0.382 e. The van der Waals surface area contributed by atoms with E-state index in [2.05, 4.69) is 32.6 Å². The molecule has 1 aromatic carbocycles. The fourth-order valence-corrected chi connectivity index (χ4v) is 2.16. The SMILES string of the molecule is Cc1c(I)cccc1-c1nc(N)nc(N)c1C#N. The van der Waals surface area contributed by atoms with Crippen molar-refractivity contribution >= 4 is 34.4 Å². The van der Waals surface area contributed by atoms with Gasteiger partial charge in [0.2, 0.25) is 5.95 Å². The second kappa shape index (κ2) is 4.78. The van der Waals surface area contributed by atoms with Crippen LogP contribution >= 0.6 is 22.6 Å². The highest BCUT2D eigenvalue weighted by Crippen LogP contribution is 2.29. The minimum atomic E-state index is 0.0692. The predicted octanol–water partition coefficient (Wildman–Crippen LogP) is 2.09. The first-order chi connectivity index (χ1) is 8.54. The molecule has 0 unspecified atom stereocenters. The standard InChI is InChI=1S/C12H10IN5/c1-6-7(3-2-4-9(6)13)10-8(5-14)11(15)18-12(16)17-10/h2-4H,1H3,(H4,15,16,17,18). The Morgan fingerprint density at radius 1 is 1.28 bits per heavy atom. The van der Waals surface area contributed by atoms with Crippen LogP contribution in [0.15, 0.2) is 18.2 Å². The monoisotopic (exact) mass is 351 g/mol. The third kappa shape index (κ3) is 2.09. The lowest BCUT2D eigenvalue weighted by molar-refractivity contribution is 1.18. The van der Waals surface area contributed by atoms with E-state index in [1.54, 1.807) is 0 Å². The maximum Gasteiger partial charge on any atom is 0.222 e. The molecular weight excluding hydrogens is 341 g/mol. The number of nitrogens with zero attached hydrogens (tertiary/aromatic N) is 3. The van der Waals surface area contributed by atoms with Gasteiger partial charge >= 0.3 is 0 Å². The Balaban J connectivity index is 2.79. The number of hydrogen-bond donors (Lipinski definition) is 2. The summed E-state index contributed by atoms with van der Waals surface area (Å²) in [7, 11) is 0. The van der Waals surface area contributed by atoms with Gasteiger partial charge in [-0.15, -0.1) is 0 Å². The second-order valence-corrected chi connectivity index (χ2v) is 4.88. The Hall–Kier alpha value is -1.88. The average molecular weight is 351 g/mol. The Bertz CT molecular complexity index is 660. The van der Waals surface area contributed by atoms with E-state index in [0.717, 1.165) is 14.7 Å². The van der Waals surface area contributed by atoms with E-state index in [9.17, 15) is 0 Å². The molecule has 0 spiro atoms. The van der Waals surface area contributed by atoms with E-state index in [1.165, 1.54) is 0 Å². The summed E-state index contributed by atoms with van der Waals surface area (Å²) in [5, 5.41) is 9.16. The van der Waals surface area contributed by atoms with Crippen LogP contribution in [0.5, 0.6) is 0 Å².